The maximum Gasteiger partial charge on any atom is 0.255 e. The summed E-state index contributed by atoms with van der Waals surface area (Å²) in [4.78, 5) is 29.1. The van der Waals surface area contributed by atoms with Gasteiger partial charge in [0, 0.05) is 43.9 Å². The predicted octanol–water partition coefficient (Wildman–Crippen LogP) is 5.58. The van der Waals surface area contributed by atoms with Gasteiger partial charge in [0.1, 0.15) is 0 Å². The fraction of sp³-hybridized carbons (Fsp3) is 0.462. The van der Waals surface area contributed by atoms with E-state index >= 15 is 0 Å². The van der Waals surface area contributed by atoms with Gasteiger partial charge in [-0.1, -0.05) is 58.4 Å². The van der Waals surface area contributed by atoms with E-state index in [4.69, 9.17) is 11.6 Å². The van der Waals surface area contributed by atoms with E-state index in [-0.39, 0.29) is 17.2 Å². The Morgan fingerprint density at radius 3 is 2.16 bits per heavy atom. The van der Waals surface area contributed by atoms with Crippen LogP contribution in [-0.4, -0.2) is 42.9 Å². The van der Waals surface area contributed by atoms with Gasteiger partial charge in [-0.2, -0.15) is 0 Å². The lowest BCUT2D eigenvalue weighted by Gasteiger charge is -2.36. The first-order valence-corrected chi connectivity index (χ1v) is 11.7. The molecule has 0 unspecified atom stereocenters. The molecule has 1 fully saturated rings. The minimum absolute atomic E-state index is 0.0472. The molecule has 6 heteroatoms. The van der Waals surface area contributed by atoms with E-state index < -0.39 is 0 Å². The topological polar surface area (TPSA) is 52.7 Å². The first kappa shape index (κ1) is 24.1. The molecule has 0 radical (unpaired) electrons. The lowest BCUT2D eigenvalue weighted by Crippen LogP contribution is -2.49. The Hall–Kier alpha value is -2.53. The zero-order valence-corrected chi connectivity index (χ0v) is 20.5. The van der Waals surface area contributed by atoms with E-state index in [0.717, 1.165) is 18.8 Å². The number of anilines is 2. The van der Waals surface area contributed by atoms with Crippen molar-refractivity contribution in [1.29, 1.82) is 0 Å². The maximum absolute atomic E-state index is 12.6. The first-order valence-electron chi connectivity index (χ1n) is 11.3. The number of nitrogens with zero attached hydrogens (tertiary/aromatic N) is 2. The number of hydrogen-bond donors (Lipinski definition) is 1. The first-order chi connectivity index (χ1) is 15.0. The number of amides is 2. The molecule has 1 aliphatic heterocycles. The van der Waals surface area contributed by atoms with E-state index in [1.54, 1.807) is 6.07 Å². The number of carbonyl (C=O) groups is 2. The van der Waals surface area contributed by atoms with Crippen LogP contribution < -0.4 is 10.2 Å². The van der Waals surface area contributed by atoms with Gasteiger partial charge in [-0.3, -0.25) is 9.59 Å². The molecule has 1 N–H and O–H groups in total. The van der Waals surface area contributed by atoms with Gasteiger partial charge in [-0.25, -0.2) is 0 Å². The van der Waals surface area contributed by atoms with Crippen LogP contribution in [0.5, 0.6) is 0 Å². The van der Waals surface area contributed by atoms with Crippen molar-refractivity contribution in [1.82, 2.24) is 4.90 Å². The average molecular weight is 456 g/mol. The predicted molar refractivity (Wildman–Crippen MR) is 133 cm³/mol. The second-order valence-corrected chi connectivity index (χ2v) is 10.3. The number of carbonyl (C=O) groups excluding carboxylic acids is 2. The molecule has 2 aromatic carbocycles. The van der Waals surface area contributed by atoms with Gasteiger partial charge in [-0.15, -0.1) is 0 Å². The van der Waals surface area contributed by atoms with Crippen LogP contribution in [0.4, 0.5) is 11.4 Å². The Morgan fingerprint density at radius 1 is 1.00 bits per heavy atom. The summed E-state index contributed by atoms with van der Waals surface area (Å²) >= 11 is 6.56. The fourth-order valence-electron chi connectivity index (χ4n) is 3.84. The Balaban J connectivity index is 1.61. The number of piperazine rings is 1. The molecule has 32 heavy (non-hydrogen) atoms. The van der Waals surface area contributed by atoms with Crippen LogP contribution in [0.3, 0.4) is 0 Å². The Kier molecular flexibility index (Phi) is 7.50. The van der Waals surface area contributed by atoms with Crippen molar-refractivity contribution in [2.75, 3.05) is 36.4 Å². The van der Waals surface area contributed by atoms with Gasteiger partial charge >= 0.3 is 0 Å². The Morgan fingerprint density at radius 2 is 1.62 bits per heavy atom. The third-order valence-corrected chi connectivity index (χ3v) is 6.08. The van der Waals surface area contributed by atoms with E-state index in [9.17, 15) is 9.59 Å². The molecule has 2 amide bonds. The average Bonchev–Trinajstić information content (AvgIpc) is 2.73. The normalized spacial score (nSPS) is 14.6. The highest BCUT2D eigenvalue weighted by Gasteiger charge is 2.23. The molecule has 2 aromatic rings. The van der Waals surface area contributed by atoms with Crippen LogP contribution in [0.25, 0.3) is 0 Å². The van der Waals surface area contributed by atoms with Gasteiger partial charge in [0.2, 0.25) is 5.91 Å². The van der Waals surface area contributed by atoms with Crippen molar-refractivity contribution in [2.45, 2.75) is 46.5 Å². The van der Waals surface area contributed by atoms with E-state index in [0.29, 0.717) is 41.7 Å². The Labute approximate surface area is 196 Å². The van der Waals surface area contributed by atoms with Crippen LogP contribution >= 0.6 is 11.6 Å². The zero-order chi connectivity index (χ0) is 23.5. The molecular weight excluding hydrogens is 422 g/mol. The molecular formula is C26H34ClN3O2. The van der Waals surface area contributed by atoms with Crippen molar-refractivity contribution >= 4 is 34.8 Å². The quantitative estimate of drug-likeness (QED) is 0.639. The minimum Gasteiger partial charge on any atom is -0.367 e. The van der Waals surface area contributed by atoms with E-state index in [2.05, 4.69) is 44.8 Å². The second-order valence-electron chi connectivity index (χ2n) is 9.91. The number of benzene rings is 2. The molecule has 0 aromatic heterocycles. The molecule has 0 atom stereocenters. The lowest BCUT2D eigenvalue weighted by atomic mass is 9.87. The molecule has 0 aliphatic carbocycles. The zero-order valence-electron chi connectivity index (χ0n) is 19.7. The van der Waals surface area contributed by atoms with Crippen molar-refractivity contribution in [3.63, 3.8) is 0 Å². The van der Waals surface area contributed by atoms with Crippen molar-refractivity contribution in [3.05, 3.63) is 58.6 Å². The summed E-state index contributed by atoms with van der Waals surface area (Å²) in [6.45, 7) is 13.5. The monoisotopic (exact) mass is 455 g/mol. The molecule has 1 saturated heterocycles. The number of nitrogens with one attached hydrogen (secondary N) is 1. The highest BCUT2D eigenvalue weighted by atomic mass is 35.5. The summed E-state index contributed by atoms with van der Waals surface area (Å²) in [5.41, 5.74) is 3.43. The standard InChI is InChI=1S/C26H34ClN3O2/c1-18(2)16-24(31)30-14-12-29(13-15-30)23-11-10-21(17-22(23)27)28-25(32)19-6-8-20(9-7-19)26(3,4)5/h6-11,17-18H,12-16H2,1-5H3,(H,28,32). The van der Waals surface area contributed by atoms with Crippen molar-refractivity contribution in [2.24, 2.45) is 5.92 Å². The molecule has 172 valence electrons. The summed E-state index contributed by atoms with van der Waals surface area (Å²) in [5.74, 6) is 0.431. The Bertz CT molecular complexity index is 956. The second kappa shape index (κ2) is 9.95. The highest BCUT2D eigenvalue weighted by molar-refractivity contribution is 6.33. The minimum atomic E-state index is -0.161. The largest absolute Gasteiger partial charge is 0.367 e. The smallest absolute Gasteiger partial charge is 0.255 e. The fourth-order valence-corrected chi connectivity index (χ4v) is 4.14. The molecule has 0 spiro atoms. The SMILES string of the molecule is CC(C)CC(=O)N1CCN(c2ccc(NC(=O)c3ccc(C(C)(C)C)cc3)cc2Cl)CC1. The van der Waals surface area contributed by atoms with Gasteiger partial charge in [-0.05, 0) is 47.2 Å². The summed E-state index contributed by atoms with van der Waals surface area (Å²) in [7, 11) is 0. The molecule has 1 heterocycles. The van der Waals surface area contributed by atoms with Crippen LogP contribution in [0.2, 0.25) is 5.02 Å². The van der Waals surface area contributed by atoms with Crippen LogP contribution in [-0.2, 0) is 10.2 Å². The summed E-state index contributed by atoms with van der Waals surface area (Å²) < 4.78 is 0. The van der Waals surface area contributed by atoms with Crippen molar-refractivity contribution < 1.29 is 9.59 Å². The van der Waals surface area contributed by atoms with Crippen LogP contribution in [0.1, 0.15) is 57.0 Å². The highest BCUT2D eigenvalue weighted by Crippen LogP contribution is 2.30. The third kappa shape index (κ3) is 6.04. The van der Waals surface area contributed by atoms with Gasteiger partial charge in [0.25, 0.3) is 5.91 Å². The summed E-state index contributed by atoms with van der Waals surface area (Å²) in [6.07, 6.45) is 0.591. The van der Waals surface area contributed by atoms with E-state index in [1.807, 2.05) is 41.3 Å². The third-order valence-electron chi connectivity index (χ3n) is 5.77. The number of hydrogen-bond acceptors (Lipinski definition) is 3. The number of rotatable bonds is 5. The molecule has 5 nitrogen and oxygen atoms in total. The molecule has 3 rings (SSSR count). The summed E-state index contributed by atoms with van der Waals surface area (Å²) in [6, 6.07) is 13.3. The van der Waals surface area contributed by atoms with Crippen LogP contribution in [0.15, 0.2) is 42.5 Å². The van der Waals surface area contributed by atoms with Gasteiger partial charge in [0.15, 0.2) is 0 Å². The van der Waals surface area contributed by atoms with E-state index in [1.165, 1.54) is 5.56 Å². The lowest BCUT2D eigenvalue weighted by molar-refractivity contribution is -0.132. The van der Waals surface area contributed by atoms with Gasteiger partial charge < -0.3 is 15.1 Å². The van der Waals surface area contributed by atoms with Gasteiger partial charge in [0.05, 0.1) is 10.7 Å². The summed E-state index contributed by atoms with van der Waals surface area (Å²) in [5, 5.41) is 3.52. The van der Waals surface area contributed by atoms with Crippen molar-refractivity contribution in [3.8, 4) is 0 Å². The maximum atomic E-state index is 12.6. The molecule has 0 saturated carbocycles. The molecule has 1 aliphatic rings. The number of halogens is 1. The van der Waals surface area contributed by atoms with Crippen LogP contribution in [0, 0.1) is 5.92 Å². The molecule has 0 bridgehead atoms.